The monoisotopic (exact) mass is 577 g/mol. The fourth-order valence-corrected chi connectivity index (χ4v) is 7.19. The Morgan fingerprint density at radius 1 is 0.651 bits per heavy atom. The van der Waals surface area contributed by atoms with Crippen molar-refractivity contribution in [2.45, 2.75) is 6.17 Å². The first-order valence-electron chi connectivity index (χ1n) is 14.2. The molecule has 1 aliphatic heterocycles. The molecule has 7 heteroatoms. The first kappa shape index (κ1) is 25.4. The van der Waals surface area contributed by atoms with Gasteiger partial charge in [0, 0.05) is 45.4 Å². The number of nitrogens with one attached hydrogen (secondary N) is 1. The van der Waals surface area contributed by atoms with E-state index in [-0.39, 0.29) is 11.9 Å². The number of imidazole rings is 1. The van der Waals surface area contributed by atoms with Crippen molar-refractivity contribution in [3.8, 4) is 11.1 Å². The van der Waals surface area contributed by atoms with Crippen LogP contribution in [0.4, 0.5) is 0 Å². The van der Waals surface area contributed by atoms with Crippen LogP contribution in [0.3, 0.4) is 0 Å². The number of benzene rings is 5. The topological polar surface area (TPSA) is 63.7 Å². The first-order chi connectivity index (χ1) is 21.0. The summed E-state index contributed by atoms with van der Waals surface area (Å²) in [5.41, 5.74) is 6.94. The normalized spacial score (nSPS) is 15.1. The van der Waals surface area contributed by atoms with Crippen LogP contribution in [0.2, 0.25) is 0 Å². The summed E-state index contributed by atoms with van der Waals surface area (Å²) < 4.78 is 5.84. The fraction of sp³-hybridized carbons (Fsp3) is 0.0833. The Hall–Kier alpha value is -5.27. The van der Waals surface area contributed by atoms with E-state index >= 15 is 0 Å². The quantitative estimate of drug-likeness (QED) is 0.237. The lowest BCUT2D eigenvalue weighted by atomic mass is 10.0. The number of nitrogens with zero attached hydrogens (tertiary/aromatic N) is 4. The number of hydrogen-bond donors (Lipinski definition) is 1. The molecule has 0 saturated heterocycles. The molecule has 0 aliphatic carbocycles. The Morgan fingerprint density at radius 3 is 2.23 bits per heavy atom. The van der Waals surface area contributed by atoms with Gasteiger partial charge < -0.3 is 5.32 Å². The average Bonchev–Trinajstić information content (AvgIpc) is 3.55. The summed E-state index contributed by atoms with van der Waals surface area (Å²) >= 11 is 1.79. The second-order valence-electron chi connectivity index (χ2n) is 10.8. The summed E-state index contributed by atoms with van der Waals surface area (Å²) in [4.78, 5) is 22.8. The summed E-state index contributed by atoms with van der Waals surface area (Å²) in [5, 5.41) is 6.10. The van der Waals surface area contributed by atoms with Gasteiger partial charge in [0.05, 0.1) is 11.0 Å². The molecular formula is C36H27N5OS. The average molecular weight is 578 g/mol. The third-order valence-corrected chi connectivity index (χ3v) is 9.46. The van der Waals surface area contributed by atoms with Gasteiger partial charge in [-0.15, -0.1) is 11.3 Å². The molecule has 0 fully saturated rings. The summed E-state index contributed by atoms with van der Waals surface area (Å²) in [6.45, 7) is 0. The van der Waals surface area contributed by atoms with Gasteiger partial charge in [-0.25, -0.2) is 14.8 Å². The molecule has 5 aromatic carbocycles. The highest BCUT2D eigenvalue weighted by atomic mass is 32.1. The molecule has 0 bridgehead atoms. The molecule has 6 nitrogen and oxygen atoms in total. The molecule has 8 rings (SSSR count). The number of aliphatic imine (C=N–C) groups is 2. The lowest BCUT2D eigenvalue weighted by molar-refractivity contribution is 0.756. The zero-order chi connectivity index (χ0) is 29.1. The lowest BCUT2D eigenvalue weighted by Crippen LogP contribution is -2.36. The summed E-state index contributed by atoms with van der Waals surface area (Å²) in [7, 11) is 3.62. The molecule has 0 amide bonds. The van der Waals surface area contributed by atoms with Gasteiger partial charge in [-0.05, 0) is 47.0 Å². The maximum Gasteiger partial charge on any atom is 0.328 e. The third kappa shape index (κ3) is 4.20. The Kier molecular flexibility index (Phi) is 5.87. The van der Waals surface area contributed by atoms with E-state index in [0.717, 1.165) is 50.5 Å². The fourth-order valence-electron chi connectivity index (χ4n) is 5.97. The molecule has 2 aromatic heterocycles. The Bertz CT molecular complexity index is 2320. The van der Waals surface area contributed by atoms with Crippen LogP contribution in [-0.4, -0.2) is 20.8 Å². The van der Waals surface area contributed by atoms with E-state index in [1.165, 1.54) is 20.2 Å². The van der Waals surface area contributed by atoms with Crippen LogP contribution >= 0.6 is 11.3 Å². The SMILES string of the molecule is Cn1c(=O)n(C)c2cc(-c3cccc(C4=NC(c5ccccc5)N=C(c5cccc6c5sc5ccccc56)N4)c3)ccc21. The lowest BCUT2D eigenvalue weighted by Gasteiger charge is -2.23. The predicted octanol–water partition coefficient (Wildman–Crippen LogP) is 7.41. The number of aryl methyl sites for hydroxylation is 2. The van der Waals surface area contributed by atoms with Gasteiger partial charge in [-0.1, -0.05) is 84.9 Å². The van der Waals surface area contributed by atoms with Crippen LogP contribution < -0.4 is 11.0 Å². The van der Waals surface area contributed by atoms with Gasteiger partial charge >= 0.3 is 5.69 Å². The van der Waals surface area contributed by atoms with E-state index in [1.807, 2.05) is 31.3 Å². The van der Waals surface area contributed by atoms with Gasteiger partial charge in [0.15, 0.2) is 6.17 Å². The largest absolute Gasteiger partial charge is 0.328 e. The highest BCUT2D eigenvalue weighted by Crippen LogP contribution is 2.37. The molecule has 1 N–H and O–H groups in total. The highest BCUT2D eigenvalue weighted by Gasteiger charge is 2.23. The second kappa shape index (κ2) is 9.93. The summed E-state index contributed by atoms with van der Waals surface area (Å²) in [6.07, 6.45) is -0.379. The highest BCUT2D eigenvalue weighted by molar-refractivity contribution is 7.26. The van der Waals surface area contributed by atoms with Crippen molar-refractivity contribution in [1.82, 2.24) is 14.5 Å². The number of fused-ring (bicyclic) bond motifs is 4. The third-order valence-electron chi connectivity index (χ3n) is 8.24. The number of aromatic nitrogens is 2. The van der Waals surface area contributed by atoms with E-state index in [2.05, 4.69) is 96.3 Å². The van der Waals surface area contributed by atoms with Crippen LogP contribution in [0, 0.1) is 0 Å². The molecule has 3 heterocycles. The van der Waals surface area contributed by atoms with Gasteiger partial charge in [-0.2, -0.15) is 0 Å². The van der Waals surface area contributed by atoms with Gasteiger partial charge in [0.1, 0.15) is 11.7 Å². The van der Waals surface area contributed by atoms with Crippen molar-refractivity contribution in [3.63, 3.8) is 0 Å². The van der Waals surface area contributed by atoms with Crippen LogP contribution in [-0.2, 0) is 14.1 Å². The molecule has 1 unspecified atom stereocenters. The Morgan fingerprint density at radius 2 is 1.35 bits per heavy atom. The predicted molar refractivity (Wildman–Crippen MR) is 178 cm³/mol. The van der Waals surface area contributed by atoms with E-state index in [4.69, 9.17) is 9.98 Å². The van der Waals surface area contributed by atoms with E-state index in [1.54, 1.807) is 27.5 Å². The van der Waals surface area contributed by atoms with Crippen molar-refractivity contribution in [1.29, 1.82) is 0 Å². The van der Waals surface area contributed by atoms with Crippen molar-refractivity contribution in [2.75, 3.05) is 0 Å². The molecule has 43 heavy (non-hydrogen) atoms. The van der Waals surface area contributed by atoms with Crippen molar-refractivity contribution in [2.24, 2.45) is 24.1 Å². The van der Waals surface area contributed by atoms with Crippen molar-refractivity contribution >= 4 is 54.2 Å². The van der Waals surface area contributed by atoms with Crippen molar-refractivity contribution < 1.29 is 0 Å². The van der Waals surface area contributed by atoms with E-state index in [0.29, 0.717) is 0 Å². The van der Waals surface area contributed by atoms with E-state index in [9.17, 15) is 4.79 Å². The summed E-state index contributed by atoms with van der Waals surface area (Å²) in [6, 6.07) is 39.7. The maximum atomic E-state index is 12.5. The second-order valence-corrected chi connectivity index (χ2v) is 11.9. The zero-order valence-electron chi connectivity index (χ0n) is 23.7. The van der Waals surface area contributed by atoms with Crippen LogP contribution in [0.25, 0.3) is 42.3 Å². The van der Waals surface area contributed by atoms with Crippen LogP contribution in [0.5, 0.6) is 0 Å². The number of hydrogen-bond acceptors (Lipinski definition) is 5. The maximum absolute atomic E-state index is 12.5. The van der Waals surface area contributed by atoms with Gasteiger partial charge in [-0.3, -0.25) is 9.13 Å². The minimum absolute atomic E-state index is 0.0333. The molecule has 1 aliphatic rings. The standard InChI is InChI=1S/C36H27N5OS/c1-40-29-19-18-24(21-30(29)41(2)36(40)42)23-12-8-13-25(20-23)34-37-33(22-10-4-3-5-11-22)38-35(39-34)28-16-9-15-27-26-14-6-7-17-31(26)43-32(27)28/h3-21,33H,1-2H3,(H,37,38,39). The van der Waals surface area contributed by atoms with E-state index < -0.39 is 0 Å². The van der Waals surface area contributed by atoms with Crippen molar-refractivity contribution in [3.05, 3.63) is 142 Å². The molecule has 1 atom stereocenters. The van der Waals surface area contributed by atoms with Gasteiger partial charge in [0.25, 0.3) is 0 Å². The van der Waals surface area contributed by atoms with Crippen LogP contribution in [0.1, 0.15) is 22.9 Å². The number of thiophene rings is 1. The zero-order valence-corrected chi connectivity index (χ0v) is 24.5. The first-order valence-corrected chi connectivity index (χ1v) is 15.0. The Labute approximate surface area is 251 Å². The minimum Gasteiger partial charge on any atom is -0.324 e. The van der Waals surface area contributed by atoms with Gasteiger partial charge in [0.2, 0.25) is 0 Å². The molecule has 0 radical (unpaired) electrons. The summed E-state index contributed by atoms with van der Waals surface area (Å²) in [5.74, 6) is 1.58. The van der Waals surface area contributed by atoms with Crippen LogP contribution in [0.15, 0.2) is 130 Å². The molecule has 7 aromatic rings. The number of rotatable bonds is 4. The Balaban J connectivity index is 1.24. The minimum atomic E-state index is -0.379. The molecule has 208 valence electrons. The molecule has 0 spiro atoms. The number of amidine groups is 2. The molecular weight excluding hydrogens is 550 g/mol. The smallest absolute Gasteiger partial charge is 0.324 e. The molecule has 0 saturated carbocycles.